The summed E-state index contributed by atoms with van der Waals surface area (Å²) in [5.41, 5.74) is 0.219. The molecule has 0 unspecified atom stereocenters. The highest BCUT2D eigenvalue weighted by atomic mass is 35.7. The van der Waals surface area contributed by atoms with E-state index < -0.39 is 14.0 Å². The number of nitro benzene ring substituents is 1. The first-order chi connectivity index (χ1) is 9.27. The Balaban J connectivity index is 2.37. The number of imidazole rings is 1. The van der Waals surface area contributed by atoms with Gasteiger partial charge < -0.3 is 4.57 Å². The van der Waals surface area contributed by atoms with Gasteiger partial charge in [0.05, 0.1) is 23.4 Å². The summed E-state index contributed by atoms with van der Waals surface area (Å²) in [4.78, 5) is 14.0. The Morgan fingerprint density at radius 3 is 2.65 bits per heavy atom. The standard InChI is InChI=1S/C10H7Cl2N3O4S/c11-8-1-2-9(15(16)17)7(3-8)4-14-5-10(13-6-14)20(12,18)19/h1-3,5-6H,4H2. The molecule has 1 heterocycles. The molecule has 0 saturated carbocycles. The first-order valence-corrected chi connectivity index (χ1v) is 7.85. The van der Waals surface area contributed by atoms with Crippen molar-refractivity contribution in [2.24, 2.45) is 0 Å². The fraction of sp³-hybridized carbons (Fsp3) is 0.100. The summed E-state index contributed by atoms with van der Waals surface area (Å²) in [6, 6.07) is 4.13. The molecule has 20 heavy (non-hydrogen) atoms. The first-order valence-electron chi connectivity index (χ1n) is 5.16. The van der Waals surface area contributed by atoms with Gasteiger partial charge in [0.25, 0.3) is 14.7 Å². The lowest BCUT2D eigenvalue weighted by molar-refractivity contribution is -0.385. The number of hydrogen-bond acceptors (Lipinski definition) is 5. The van der Waals surface area contributed by atoms with Crippen molar-refractivity contribution in [3.8, 4) is 0 Å². The van der Waals surface area contributed by atoms with Crippen LogP contribution in [0.25, 0.3) is 0 Å². The molecule has 0 aliphatic rings. The summed E-state index contributed by atoms with van der Waals surface area (Å²) in [5.74, 6) is 0. The molecule has 106 valence electrons. The molecule has 0 saturated heterocycles. The quantitative estimate of drug-likeness (QED) is 0.485. The van der Waals surface area contributed by atoms with E-state index in [4.69, 9.17) is 22.3 Å². The molecule has 0 aliphatic carbocycles. The van der Waals surface area contributed by atoms with Crippen molar-refractivity contribution in [2.75, 3.05) is 0 Å². The van der Waals surface area contributed by atoms with Gasteiger partial charge in [0.15, 0.2) is 5.03 Å². The number of aromatic nitrogens is 2. The van der Waals surface area contributed by atoms with E-state index in [0.29, 0.717) is 10.6 Å². The van der Waals surface area contributed by atoms with E-state index in [2.05, 4.69) is 4.98 Å². The van der Waals surface area contributed by atoms with Crippen molar-refractivity contribution in [2.45, 2.75) is 11.6 Å². The Labute approximate surface area is 123 Å². The number of hydrogen-bond donors (Lipinski definition) is 0. The van der Waals surface area contributed by atoms with Crippen molar-refractivity contribution >= 4 is 37.0 Å². The van der Waals surface area contributed by atoms with Crippen molar-refractivity contribution in [1.29, 1.82) is 0 Å². The van der Waals surface area contributed by atoms with Crippen molar-refractivity contribution in [3.63, 3.8) is 0 Å². The van der Waals surface area contributed by atoms with Gasteiger partial charge in [-0.25, -0.2) is 13.4 Å². The minimum atomic E-state index is -3.93. The van der Waals surface area contributed by atoms with Gasteiger partial charge in [-0.3, -0.25) is 10.1 Å². The Kier molecular flexibility index (Phi) is 3.98. The molecule has 2 rings (SSSR count). The molecule has 1 aromatic carbocycles. The third-order valence-electron chi connectivity index (χ3n) is 2.45. The Morgan fingerprint density at radius 1 is 1.40 bits per heavy atom. The predicted octanol–water partition coefficient (Wildman–Crippen LogP) is 2.42. The van der Waals surface area contributed by atoms with Crippen LogP contribution in [0.4, 0.5) is 5.69 Å². The van der Waals surface area contributed by atoms with Crippen LogP contribution in [0.3, 0.4) is 0 Å². The molecule has 0 spiro atoms. The van der Waals surface area contributed by atoms with Crippen LogP contribution in [0.15, 0.2) is 35.7 Å². The topological polar surface area (TPSA) is 95.1 Å². The lowest BCUT2D eigenvalue weighted by atomic mass is 10.2. The maximum Gasteiger partial charge on any atom is 0.280 e. The second-order valence-corrected chi connectivity index (χ2v) is 6.80. The van der Waals surface area contributed by atoms with E-state index >= 15 is 0 Å². The third-order valence-corrected chi connectivity index (χ3v) is 3.87. The summed E-state index contributed by atoms with van der Waals surface area (Å²) >= 11 is 5.80. The Morgan fingerprint density at radius 2 is 2.10 bits per heavy atom. The van der Waals surface area contributed by atoms with Gasteiger partial charge in [0.1, 0.15) is 0 Å². The zero-order valence-corrected chi connectivity index (χ0v) is 12.1. The minimum Gasteiger partial charge on any atom is -0.331 e. The molecule has 2 aromatic rings. The zero-order chi connectivity index (χ0) is 14.9. The average Bonchev–Trinajstić information content (AvgIpc) is 2.76. The Bertz CT molecular complexity index is 773. The fourth-order valence-electron chi connectivity index (χ4n) is 1.61. The Hall–Kier alpha value is -1.64. The van der Waals surface area contributed by atoms with E-state index in [9.17, 15) is 18.5 Å². The molecular weight excluding hydrogens is 329 g/mol. The maximum absolute atomic E-state index is 11.1. The van der Waals surface area contributed by atoms with E-state index in [1.54, 1.807) is 0 Å². The van der Waals surface area contributed by atoms with Gasteiger partial charge in [-0.2, -0.15) is 0 Å². The van der Waals surface area contributed by atoms with Gasteiger partial charge in [-0.1, -0.05) is 11.6 Å². The van der Waals surface area contributed by atoms with Crippen molar-refractivity contribution in [1.82, 2.24) is 9.55 Å². The highest BCUT2D eigenvalue weighted by Crippen LogP contribution is 2.24. The lowest BCUT2D eigenvalue weighted by Crippen LogP contribution is -2.01. The highest BCUT2D eigenvalue weighted by Gasteiger charge is 2.17. The van der Waals surface area contributed by atoms with Gasteiger partial charge in [0, 0.05) is 28.0 Å². The van der Waals surface area contributed by atoms with E-state index in [1.807, 2.05) is 0 Å². The molecule has 0 bridgehead atoms. The van der Waals surface area contributed by atoms with Crippen LogP contribution < -0.4 is 0 Å². The lowest BCUT2D eigenvalue weighted by Gasteiger charge is -2.04. The zero-order valence-electron chi connectivity index (χ0n) is 9.73. The fourth-order valence-corrected chi connectivity index (χ4v) is 2.48. The van der Waals surface area contributed by atoms with Gasteiger partial charge in [-0.15, -0.1) is 0 Å². The third kappa shape index (κ3) is 3.27. The summed E-state index contributed by atoms with van der Waals surface area (Å²) in [6.07, 6.45) is 2.41. The second-order valence-electron chi connectivity index (χ2n) is 3.85. The van der Waals surface area contributed by atoms with E-state index in [1.165, 1.54) is 35.3 Å². The molecule has 0 fully saturated rings. The van der Waals surface area contributed by atoms with Crippen LogP contribution in [0, 0.1) is 10.1 Å². The van der Waals surface area contributed by atoms with Crippen molar-refractivity contribution < 1.29 is 13.3 Å². The second kappa shape index (κ2) is 5.39. The van der Waals surface area contributed by atoms with Crippen LogP contribution >= 0.6 is 22.3 Å². The molecule has 0 amide bonds. The first kappa shape index (κ1) is 14.8. The molecule has 0 atom stereocenters. The highest BCUT2D eigenvalue weighted by molar-refractivity contribution is 8.13. The minimum absolute atomic E-state index is 0.0519. The maximum atomic E-state index is 11.1. The molecule has 0 N–H and O–H groups in total. The predicted molar refractivity (Wildman–Crippen MR) is 72.5 cm³/mol. The van der Waals surface area contributed by atoms with E-state index in [-0.39, 0.29) is 17.3 Å². The van der Waals surface area contributed by atoms with Crippen LogP contribution in [0.1, 0.15) is 5.56 Å². The summed E-state index contributed by atoms with van der Waals surface area (Å²) in [6.45, 7) is 0.0519. The number of halogens is 2. The molecule has 1 aromatic heterocycles. The number of nitrogens with zero attached hydrogens (tertiary/aromatic N) is 3. The van der Waals surface area contributed by atoms with Gasteiger partial charge in [0.2, 0.25) is 0 Å². The monoisotopic (exact) mass is 335 g/mol. The van der Waals surface area contributed by atoms with E-state index in [0.717, 1.165) is 0 Å². The smallest absolute Gasteiger partial charge is 0.280 e. The summed E-state index contributed by atoms with van der Waals surface area (Å²) in [5, 5.41) is 10.9. The number of benzene rings is 1. The average molecular weight is 336 g/mol. The summed E-state index contributed by atoms with van der Waals surface area (Å²) < 4.78 is 23.5. The SMILES string of the molecule is O=[N+]([O-])c1ccc(Cl)cc1Cn1cnc(S(=O)(=O)Cl)c1. The summed E-state index contributed by atoms with van der Waals surface area (Å²) in [7, 11) is 1.22. The normalized spacial score (nSPS) is 11.5. The van der Waals surface area contributed by atoms with Gasteiger partial charge in [-0.05, 0) is 12.1 Å². The van der Waals surface area contributed by atoms with Crippen molar-refractivity contribution in [3.05, 3.63) is 51.4 Å². The molecule has 0 aliphatic heterocycles. The van der Waals surface area contributed by atoms with Crippen LogP contribution in [0.5, 0.6) is 0 Å². The molecule has 7 nitrogen and oxygen atoms in total. The number of rotatable bonds is 4. The van der Waals surface area contributed by atoms with Crippen LogP contribution in [0.2, 0.25) is 5.02 Å². The largest absolute Gasteiger partial charge is 0.331 e. The number of nitro groups is 1. The van der Waals surface area contributed by atoms with Crippen LogP contribution in [-0.2, 0) is 15.6 Å². The van der Waals surface area contributed by atoms with Gasteiger partial charge >= 0.3 is 0 Å². The molecule has 0 radical (unpaired) electrons. The molecule has 10 heteroatoms. The van der Waals surface area contributed by atoms with Crippen LogP contribution in [-0.4, -0.2) is 22.9 Å². The molecular formula is C10H7Cl2N3O4S.